The van der Waals surface area contributed by atoms with Gasteiger partial charge in [-0.15, -0.1) is 0 Å². The molecule has 0 unspecified atom stereocenters. The van der Waals surface area contributed by atoms with Gasteiger partial charge in [0.25, 0.3) is 0 Å². The first-order valence-electron chi connectivity index (χ1n) is 9.28. The van der Waals surface area contributed by atoms with E-state index in [1.54, 1.807) is 0 Å². The van der Waals surface area contributed by atoms with Gasteiger partial charge < -0.3 is 9.97 Å². The van der Waals surface area contributed by atoms with E-state index in [0.29, 0.717) is 29.4 Å². The van der Waals surface area contributed by atoms with Gasteiger partial charge >= 0.3 is 5.69 Å². The third kappa shape index (κ3) is 4.39. The van der Waals surface area contributed by atoms with Crippen molar-refractivity contribution in [3.8, 4) is 0 Å². The van der Waals surface area contributed by atoms with E-state index in [0.717, 1.165) is 18.5 Å². The van der Waals surface area contributed by atoms with E-state index in [1.165, 1.54) is 29.8 Å². The van der Waals surface area contributed by atoms with Crippen LogP contribution in [0.5, 0.6) is 0 Å². The van der Waals surface area contributed by atoms with Crippen LogP contribution in [0.4, 0.5) is 4.39 Å². The second-order valence-electron chi connectivity index (χ2n) is 6.99. The van der Waals surface area contributed by atoms with Gasteiger partial charge in [-0.25, -0.2) is 9.18 Å². The van der Waals surface area contributed by atoms with E-state index in [2.05, 4.69) is 20.9 Å². The van der Waals surface area contributed by atoms with Gasteiger partial charge in [0.2, 0.25) is 5.78 Å². The van der Waals surface area contributed by atoms with Crippen molar-refractivity contribution in [1.29, 1.82) is 0 Å². The number of nitrogens with zero attached hydrogens (tertiary/aromatic N) is 1. The summed E-state index contributed by atoms with van der Waals surface area (Å²) in [5.41, 5.74) is 3.05. The molecule has 1 aromatic heterocycles. The molecule has 0 aliphatic carbocycles. The van der Waals surface area contributed by atoms with E-state index in [4.69, 9.17) is 11.6 Å². The van der Waals surface area contributed by atoms with Crippen molar-refractivity contribution in [1.82, 2.24) is 14.9 Å². The smallest absolute Gasteiger partial charge is 0.308 e. The molecule has 1 aliphatic rings. The van der Waals surface area contributed by atoms with E-state index in [1.807, 2.05) is 24.3 Å². The van der Waals surface area contributed by atoms with Crippen LogP contribution in [0.25, 0.3) is 5.57 Å². The van der Waals surface area contributed by atoms with Crippen LogP contribution in [-0.2, 0) is 6.54 Å². The molecule has 0 amide bonds. The minimum Gasteiger partial charge on any atom is -0.308 e. The first kappa shape index (κ1) is 19.4. The number of halogens is 2. The molecular weight excluding hydrogens is 393 g/mol. The molecule has 5 nitrogen and oxygen atoms in total. The van der Waals surface area contributed by atoms with Crippen LogP contribution in [0, 0.1) is 5.82 Å². The number of benzene rings is 2. The highest BCUT2D eigenvalue weighted by Crippen LogP contribution is 2.24. The fourth-order valence-corrected chi connectivity index (χ4v) is 3.61. The van der Waals surface area contributed by atoms with Crippen molar-refractivity contribution in [2.24, 2.45) is 0 Å². The molecule has 3 aromatic rings. The van der Waals surface area contributed by atoms with E-state index >= 15 is 0 Å². The molecule has 2 aromatic carbocycles. The van der Waals surface area contributed by atoms with Crippen LogP contribution >= 0.6 is 11.6 Å². The van der Waals surface area contributed by atoms with Gasteiger partial charge in [-0.2, -0.15) is 0 Å². The highest BCUT2D eigenvalue weighted by molar-refractivity contribution is 6.30. The minimum absolute atomic E-state index is 0.217. The van der Waals surface area contributed by atoms with Crippen molar-refractivity contribution in [3.05, 3.63) is 98.4 Å². The van der Waals surface area contributed by atoms with Gasteiger partial charge in [0.1, 0.15) is 11.5 Å². The average Bonchev–Trinajstić information content (AvgIpc) is 3.09. The second kappa shape index (κ2) is 8.19. The monoisotopic (exact) mass is 411 g/mol. The maximum atomic E-state index is 13.1. The molecule has 29 heavy (non-hydrogen) atoms. The van der Waals surface area contributed by atoms with E-state index in [-0.39, 0.29) is 11.5 Å². The summed E-state index contributed by atoms with van der Waals surface area (Å²) in [6, 6.07) is 13.0. The molecule has 0 radical (unpaired) electrons. The fraction of sp³-hybridized carbons (Fsp3) is 0.182. The summed E-state index contributed by atoms with van der Waals surface area (Å²) < 4.78 is 13.1. The summed E-state index contributed by atoms with van der Waals surface area (Å²) in [7, 11) is 0. The predicted octanol–water partition coefficient (Wildman–Crippen LogP) is 4.02. The normalized spacial score (nSPS) is 14.6. The van der Waals surface area contributed by atoms with E-state index in [9.17, 15) is 14.0 Å². The summed E-state index contributed by atoms with van der Waals surface area (Å²) in [4.78, 5) is 32.0. The number of imidazole rings is 1. The molecule has 0 spiro atoms. The summed E-state index contributed by atoms with van der Waals surface area (Å²) in [6.45, 7) is 1.94. The Kier molecular flexibility index (Phi) is 5.47. The van der Waals surface area contributed by atoms with Crippen molar-refractivity contribution in [3.63, 3.8) is 0 Å². The standard InChI is InChI=1S/C22H19ClFN3O2/c23-17-5-1-14(2-6-17)15-9-11-27(12-10-15)13-19-20(26-22(29)25-19)21(28)16-3-7-18(24)8-4-16/h1-9H,10-13H2,(H2,25,26,29). The number of rotatable bonds is 5. The molecule has 7 heteroatoms. The maximum Gasteiger partial charge on any atom is 0.323 e. The molecule has 4 rings (SSSR count). The molecule has 0 saturated heterocycles. The van der Waals surface area contributed by atoms with Gasteiger partial charge in [0.15, 0.2) is 0 Å². The van der Waals surface area contributed by atoms with Gasteiger partial charge in [0.05, 0.1) is 5.69 Å². The molecule has 1 aliphatic heterocycles. The van der Waals surface area contributed by atoms with Crippen LogP contribution < -0.4 is 5.69 Å². The Morgan fingerprint density at radius 1 is 1.07 bits per heavy atom. The lowest BCUT2D eigenvalue weighted by Crippen LogP contribution is -2.29. The Morgan fingerprint density at radius 2 is 1.79 bits per heavy atom. The Bertz CT molecular complexity index is 1110. The number of carbonyl (C=O) groups excluding carboxylic acids is 1. The summed E-state index contributed by atoms with van der Waals surface area (Å²) in [5, 5.41) is 0.710. The molecule has 0 bridgehead atoms. The van der Waals surface area contributed by atoms with Crippen LogP contribution in [-0.4, -0.2) is 33.7 Å². The lowest BCUT2D eigenvalue weighted by Gasteiger charge is -2.26. The Hall–Kier alpha value is -2.96. The topological polar surface area (TPSA) is 69.0 Å². The van der Waals surface area contributed by atoms with Gasteiger partial charge in [-0.05, 0) is 54.0 Å². The average molecular weight is 412 g/mol. The Labute approximate surface area is 171 Å². The Balaban J connectivity index is 1.49. The van der Waals surface area contributed by atoms with Gasteiger partial charge in [-0.1, -0.05) is 29.8 Å². The summed E-state index contributed by atoms with van der Waals surface area (Å²) in [6.07, 6.45) is 3.01. The van der Waals surface area contributed by atoms with Crippen molar-refractivity contribution in [2.75, 3.05) is 13.1 Å². The number of H-pyrrole nitrogens is 2. The van der Waals surface area contributed by atoms with Gasteiger partial charge in [0, 0.05) is 30.2 Å². The lowest BCUT2D eigenvalue weighted by molar-refractivity contribution is 0.103. The third-order valence-corrected chi connectivity index (χ3v) is 5.28. The largest absolute Gasteiger partial charge is 0.323 e. The minimum atomic E-state index is -0.431. The number of ketones is 1. The number of nitrogens with one attached hydrogen (secondary N) is 2. The Morgan fingerprint density at radius 3 is 2.45 bits per heavy atom. The highest BCUT2D eigenvalue weighted by Gasteiger charge is 2.21. The highest BCUT2D eigenvalue weighted by atomic mass is 35.5. The van der Waals surface area contributed by atoms with Crippen molar-refractivity contribution >= 4 is 23.0 Å². The lowest BCUT2D eigenvalue weighted by atomic mass is 9.99. The van der Waals surface area contributed by atoms with Crippen molar-refractivity contribution in [2.45, 2.75) is 13.0 Å². The SMILES string of the molecule is O=C(c1ccc(F)cc1)c1[nH]c(=O)[nH]c1CN1CC=C(c2ccc(Cl)cc2)CC1. The number of hydrogen-bond donors (Lipinski definition) is 2. The van der Waals surface area contributed by atoms with Gasteiger partial charge in [-0.3, -0.25) is 9.69 Å². The second-order valence-corrected chi connectivity index (χ2v) is 7.43. The number of aromatic nitrogens is 2. The first-order valence-corrected chi connectivity index (χ1v) is 9.66. The number of carbonyl (C=O) groups is 1. The van der Waals surface area contributed by atoms with E-state index < -0.39 is 11.5 Å². The van der Waals surface area contributed by atoms with Crippen LogP contribution in [0.2, 0.25) is 5.02 Å². The van der Waals surface area contributed by atoms with Crippen molar-refractivity contribution < 1.29 is 9.18 Å². The molecule has 0 atom stereocenters. The zero-order valence-electron chi connectivity index (χ0n) is 15.5. The summed E-state index contributed by atoms with van der Waals surface area (Å²) >= 11 is 5.95. The molecule has 2 heterocycles. The van der Waals surface area contributed by atoms with Crippen LogP contribution in [0.1, 0.15) is 33.7 Å². The fourth-order valence-electron chi connectivity index (χ4n) is 3.48. The molecular formula is C22H19ClFN3O2. The van der Waals surface area contributed by atoms with Crippen LogP contribution in [0.15, 0.2) is 59.4 Å². The summed E-state index contributed by atoms with van der Waals surface area (Å²) in [5.74, 6) is -0.756. The molecule has 0 fully saturated rings. The molecule has 2 N–H and O–H groups in total. The quantitative estimate of drug-likeness (QED) is 0.623. The first-order chi connectivity index (χ1) is 14.0. The maximum absolute atomic E-state index is 13.1. The molecule has 0 saturated carbocycles. The van der Waals surface area contributed by atoms with Crippen LogP contribution in [0.3, 0.4) is 0 Å². The zero-order valence-corrected chi connectivity index (χ0v) is 16.3. The zero-order chi connectivity index (χ0) is 20.4. The number of hydrogen-bond acceptors (Lipinski definition) is 3. The predicted molar refractivity (Wildman–Crippen MR) is 111 cm³/mol. The third-order valence-electron chi connectivity index (χ3n) is 5.03. The number of aromatic amines is 2. The molecule has 148 valence electrons.